The minimum atomic E-state index is -0.697. The Morgan fingerprint density at radius 1 is 0.341 bits per heavy atom. The molecule has 0 saturated carbocycles. The van der Waals surface area contributed by atoms with Crippen molar-refractivity contribution in [2.45, 2.75) is 10.8 Å². The Morgan fingerprint density at radius 2 is 0.614 bits per heavy atom. The zero-order chi connectivity index (χ0) is 30.3. The van der Waals surface area contributed by atoms with Crippen molar-refractivity contribution >= 4 is 10.8 Å². The quantitative estimate of drug-likeness (QED) is 0.181. The maximum atomic E-state index is 5.65. The van der Waals surface area contributed by atoms with Crippen LogP contribution in [-0.4, -0.2) is 28.4 Å². The molecule has 44 heavy (non-hydrogen) atoms. The molecule has 0 heterocycles. The molecule has 4 nitrogen and oxygen atoms in total. The molecule has 0 aliphatic heterocycles. The zero-order valence-corrected chi connectivity index (χ0v) is 25.3. The van der Waals surface area contributed by atoms with E-state index < -0.39 is 10.8 Å². The third-order valence-corrected chi connectivity index (χ3v) is 9.37. The summed E-state index contributed by atoms with van der Waals surface area (Å²) in [5.74, 6) is 3.25. The van der Waals surface area contributed by atoms with Gasteiger partial charge in [0.15, 0.2) is 0 Å². The number of methoxy groups -OCH3 is 4. The van der Waals surface area contributed by atoms with Gasteiger partial charge in [0.2, 0.25) is 0 Å². The molecule has 4 heteroatoms. The highest BCUT2D eigenvalue weighted by molar-refractivity contribution is 5.98. The van der Waals surface area contributed by atoms with Crippen LogP contribution < -0.4 is 18.9 Å². The number of hydrogen-bond acceptors (Lipinski definition) is 4. The van der Waals surface area contributed by atoms with Crippen molar-refractivity contribution in [3.8, 4) is 23.0 Å². The molecule has 1 aliphatic carbocycles. The summed E-state index contributed by atoms with van der Waals surface area (Å²) in [4.78, 5) is 0. The molecule has 7 rings (SSSR count). The Hall–Kier alpha value is -5.22. The molecule has 0 bridgehead atoms. The molecule has 0 spiro atoms. The van der Waals surface area contributed by atoms with E-state index in [9.17, 15) is 0 Å². The minimum absolute atomic E-state index is 0.697. The standard InChI is InChI=1S/C40H34O4/c1-41-32-19-11-28(12-20-32)39(29-13-21-33(42-2)22-14-29)36-9-5-7-27-8-6-10-37(38(27)36)40(39,30-15-23-34(43-3)24-16-30)31-17-25-35(44-4)26-18-31/h5-26H,1-4H3. The Labute approximate surface area is 258 Å². The van der Waals surface area contributed by atoms with E-state index in [4.69, 9.17) is 18.9 Å². The molecule has 0 unspecified atom stereocenters. The van der Waals surface area contributed by atoms with E-state index in [1.54, 1.807) is 28.4 Å². The van der Waals surface area contributed by atoms with Gasteiger partial charge in [-0.2, -0.15) is 0 Å². The maximum Gasteiger partial charge on any atom is 0.118 e. The van der Waals surface area contributed by atoms with Crippen LogP contribution >= 0.6 is 0 Å². The SMILES string of the molecule is COc1ccc(C2(c3ccc(OC)cc3)c3cccc4cccc(c34)C2(c2ccc(OC)cc2)c2ccc(OC)cc2)cc1. The highest BCUT2D eigenvalue weighted by Crippen LogP contribution is 2.66. The van der Waals surface area contributed by atoms with E-state index >= 15 is 0 Å². The first kappa shape index (κ1) is 27.6. The average Bonchev–Trinajstić information content (AvgIpc) is 3.37. The molecule has 0 atom stereocenters. The molecule has 0 saturated heterocycles. The predicted molar refractivity (Wildman–Crippen MR) is 176 cm³/mol. The summed E-state index contributed by atoms with van der Waals surface area (Å²) in [5.41, 5.74) is 5.70. The van der Waals surface area contributed by atoms with E-state index in [-0.39, 0.29) is 0 Å². The van der Waals surface area contributed by atoms with Crippen LogP contribution in [0.25, 0.3) is 10.8 Å². The monoisotopic (exact) mass is 578 g/mol. The van der Waals surface area contributed by atoms with Crippen LogP contribution in [-0.2, 0) is 10.8 Å². The lowest BCUT2D eigenvalue weighted by molar-refractivity contribution is 0.406. The molecule has 6 aromatic carbocycles. The van der Waals surface area contributed by atoms with Crippen LogP contribution in [0.1, 0.15) is 33.4 Å². The molecule has 0 N–H and O–H groups in total. The second-order valence-electron chi connectivity index (χ2n) is 11.1. The van der Waals surface area contributed by atoms with Gasteiger partial charge in [0, 0.05) is 0 Å². The first-order valence-corrected chi connectivity index (χ1v) is 14.7. The van der Waals surface area contributed by atoms with Gasteiger partial charge in [0.05, 0.1) is 39.3 Å². The van der Waals surface area contributed by atoms with Crippen molar-refractivity contribution in [2.75, 3.05) is 28.4 Å². The number of benzene rings is 6. The van der Waals surface area contributed by atoms with E-state index in [0.717, 1.165) is 45.3 Å². The first-order valence-electron chi connectivity index (χ1n) is 14.7. The minimum Gasteiger partial charge on any atom is -0.497 e. The summed E-state index contributed by atoms with van der Waals surface area (Å²) in [6.07, 6.45) is 0. The van der Waals surface area contributed by atoms with E-state index in [2.05, 4.69) is 133 Å². The fourth-order valence-corrected chi connectivity index (χ4v) is 7.56. The van der Waals surface area contributed by atoms with Crippen molar-refractivity contribution in [3.63, 3.8) is 0 Å². The van der Waals surface area contributed by atoms with Gasteiger partial charge in [-0.15, -0.1) is 0 Å². The first-order chi connectivity index (χ1) is 21.6. The van der Waals surface area contributed by atoms with Gasteiger partial charge < -0.3 is 18.9 Å². The van der Waals surface area contributed by atoms with Crippen molar-refractivity contribution in [3.05, 3.63) is 167 Å². The lowest BCUT2D eigenvalue weighted by Gasteiger charge is -2.49. The third kappa shape index (κ3) is 3.77. The predicted octanol–water partition coefficient (Wildman–Crippen LogP) is 8.56. The summed E-state index contributed by atoms with van der Waals surface area (Å²) in [7, 11) is 6.83. The van der Waals surface area contributed by atoms with Crippen LogP contribution in [0.2, 0.25) is 0 Å². The maximum absolute atomic E-state index is 5.65. The van der Waals surface area contributed by atoms with Crippen LogP contribution in [0.4, 0.5) is 0 Å². The average molecular weight is 579 g/mol. The number of hydrogen-bond donors (Lipinski definition) is 0. The lowest BCUT2D eigenvalue weighted by Crippen LogP contribution is -2.49. The highest BCUT2D eigenvalue weighted by atomic mass is 16.5. The van der Waals surface area contributed by atoms with E-state index in [1.165, 1.54) is 21.9 Å². The summed E-state index contributed by atoms with van der Waals surface area (Å²) < 4.78 is 22.6. The molecule has 1 aliphatic rings. The molecule has 218 valence electrons. The fourth-order valence-electron chi connectivity index (χ4n) is 7.56. The topological polar surface area (TPSA) is 36.9 Å². The summed E-state index contributed by atoms with van der Waals surface area (Å²) in [6.45, 7) is 0. The summed E-state index contributed by atoms with van der Waals surface area (Å²) >= 11 is 0. The van der Waals surface area contributed by atoms with Crippen molar-refractivity contribution < 1.29 is 18.9 Å². The third-order valence-electron chi connectivity index (χ3n) is 9.37. The molecule has 0 radical (unpaired) electrons. The van der Waals surface area contributed by atoms with E-state index in [0.29, 0.717) is 0 Å². The van der Waals surface area contributed by atoms with E-state index in [1.807, 2.05) is 0 Å². The molecule has 0 aromatic heterocycles. The fraction of sp³-hybridized carbons (Fsp3) is 0.150. The zero-order valence-electron chi connectivity index (χ0n) is 25.3. The van der Waals surface area contributed by atoms with Crippen LogP contribution in [0.15, 0.2) is 133 Å². The van der Waals surface area contributed by atoms with Crippen molar-refractivity contribution in [1.29, 1.82) is 0 Å². The van der Waals surface area contributed by atoms with Gasteiger partial charge in [0.1, 0.15) is 23.0 Å². The van der Waals surface area contributed by atoms with Gasteiger partial charge in [-0.1, -0.05) is 84.9 Å². The van der Waals surface area contributed by atoms with Crippen LogP contribution in [0.3, 0.4) is 0 Å². The van der Waals surface area contributed by atoms with Gasteiger partial charge in [-0.05, 0) is 92.7 Å². The lowest BCUT2D eigenvalue weighted by atomic mass is 9.50. The van der Waals surface area contributed by atoms with Crippen LogP contribution in [0.5, 0.6) is 23.0 Å². The van der Waals surface area contributed by atoms with Gasteiger partial charge in [-0.25, -0.2) is 0 Å². The molecular formula is C40H34O4. The largest absolute Gasteiger partial charge is 0.497 e. The Morgan fingerprint density at radius 3 is 0.864 bits per heavy atom. The second kappa shape index (κ2) is 10.8. The molecule has 0 fully saturated rings. The Bertz CT molecular complexity index is 1690. The molecular weight excluding hydrogens is 544 g/mol. The molecule has 0 amide bonds. The Kier molecular flexibility index (Phi) is 6.78. The van der Waals surface area contributed by atoms with Gasteiger partial charge >= 0.3 is 0 Å². The second-order valence-corrected chi connectivity index (χ2v) is 11.1. The Balaban J connectivity index is 1.73. The number of rotatable bonds is 8. The van der Waals surface area contributed by atoms with Gasteiger partial charge in [-0.3, -0.25) is 0 Å². The smallest absolute Gasteiger partial charge is 0.118 e. The van der Waals surface area contributed by atoms with Crippen LogP contribution in [0, 0.1) is 0 Å². The molecule has 6 aromatic rings. The summed E-state index contributed by atoms with van der Waals surface area (Å²) in [5, 5.41) is 2.46. The highest BCUT2D eigenvalue weighted by Gasteiger charge is 2.62. The van der Waals surface area contributed by atoms with Gasteiger partial charge in [0.25, 0.3) is 0 Å². The van der Waals surface area contributed by atoms with Crippen molar-refractivity contribution in [2.24, 2.45) is 0 Å². The summed E-state index contributed by atoms with van der Waals surface area (Å²) in [6, 6.07) is 47.7. The normalized spacial score (nSPS) is 14.3. The van der Waals surface area contributed by atoms with Crippen molar-refractivity contribution in [1.82, 2.24) is 0 Å². The number of ether oxygens (including phenoxy) is 4.